The zero-order valence-corrected chi connectivity index (χ0v) is 19.2. The number of rotatable bonds is 10. The predicted octanol–water partition coefficient (Wildman–Crippen LogP) is 3.45. The van der Waals surface area contributed by atoms with Crippen molar-refractivity contribution in [1.29, 1.82) is 0 Å². The Morgan fingerprint density at radius 2 is 1.85 bits per heavy atom. The number of carbonyl (C=O) groups excluding carboxylic acids is 1. The molecular weight excluding hydrogens is 422 g/mol. The van der Waals surface area contributed by atoms with Gasteiger partial charge in [-0.3, -0.25) is 9.48 Å². The van der Waals surface area contributed by atoms with Crippen LogP contribution in [0.15, 0.2) is 54.6 Å². The van der Waals surface area contributed by atoms with E-state index in [2.05, 4.69) is 10.4 Å². The number of hydrogen-bond donors (Lipinski definition) is 2. The molecule has 1 heterocycles. The van der Waals surface area contributed by atoms with Gasteiger partial charge in [0.05, 0.1) is 18.9 Å². The number of aromatic nitrogens is 2. The summed E-state index contributed by atoms with van der Waals surface area (Å²) in [5, 5.41) is 16.7. The first-order chi connectivity index (χ1) is 15.8. The Bertz CT molecular complexity index is 1110. The van der Waals surface area contributed by atoms with E-state index in [1.165, 1.54) is 0 Å². The standard InChI is InChI=1S/C25H29N3O5/c1-16(2)33-23(25(30)31)13-17-10-11-22(32-4)19(12-17)15-26-24(29)20-14-21(28(3)27-20)18-8-6-5-7-9-18/h5-12,14,16,23H,13,15H2,1-4H3,(H,26,29)(H,30,31). The fourth-order valence-corrected chi connectivity index (χ4v) is 3.56. The van der Waals surface area contributed by atoms with E-state index in [-0.39, 0.29) is 25.0 Å². The fraction of sp³-hybridized carbons (Fsp3) is 0.320. The van der Waals surface area contributed by atoms with Crippen LogP contribution in [0.4, 0.5) is 0 Å². The molecule has 8 nitrogen and oxygen atoms in total. The fourth-order valence-electron chi connectivity index (χ4n) is 3.56. The van der Waals surface area contributed by atoms with E-state index in [1.807, 2.05) is 36.4 Å². The zero-order chi connectivity index (χ0) is 24.0. The van der Waals surface area contributed by atoms with Crippen LogP contribution in [-0.2, 0) is 29.5 Å². The van der Waals surface area contributed by atoms with Crippen molar-refractivity contribution in [3.63, 3.8) is 0 Å². The predicted molar refractivity (Wildman–Crippen MR) is 124 cm³/mol. The molecule has 0 spiro atoms. The number of amides is 1. The number of carboxylic acids is 1. The second-order valence-electron chi connectivity index (χ2n) is 7.95. The van der Waals surface area contributed by atoms with Crippen LogP contribution in [0.3, 0.4) is 0 Å². The smallest absolute Gasteiger partial charge is 0.333 e. The van der Waals surface area contributed by atoms with Crippen molar-refractivity contribution in [3.05, 3.63) is 71.4 Å². The van der Waals surface area contributed by atoms with Gasteiger partial charge in [0.25, 0.3) is 5.91 Å². The van der Waals surface area contributed by atoms with Crippen LogP contribution in [0.5, 0.6) is 5.75 Å². The van der Waals surface area contributed by atoms with Crippen LogP contribution in [0.2, 0.25) is 0 Å². The lowest BCUT2D eigenvalue weighted by Crippen LogP contribution is -2.29. The van der Waals surface area contributed by atoms with Gasteiger partial charge in [-0.1, -0.05) is 42.5 Å². The molecule has 1 aromatic heterocycles. The van der Waals surface area contributed by atoms with Crippen molar-refractivity contribution in [2.24, 2.45) is 7.05 Å². The Morgan fingerprint density at radius 1 is 1.12 bits per heavy atom. The molecular formula is C25H29N3O5. The summed E-state index contributed by atoms with van der Waals surface area (Å²) in [7, 11) is 3.34. The van der Waals surface area contributed by atoms with Crippen molar-refractivity contribution in [2.75, 3.05) is 7.11 Å². The van der Waals surface area contributed by atoms with Gasteiger partial charge in [-0.05, 0) is 37.1 Å². The molecule has 1 atom stereocenters. The van der Waals surface area contributed by atoms with E-state index in [1.54, 1.807) is 50.9 Å². The second kappa shape index (κ2) is 10.8. The maximum atomic E-state index is 12.8. The Labute approximate surface area is 193 Å². The van der Waals surface area contributed by atoms with Gasteiger partial charge < -0.3 is 19.9 Å². The minimum absolute atomic E-state index is 0.204. The molecule has 33 heavy (non-hydrogen) atoms. The summed E-state index contributed by atoms with van der Waals surface area (Å²) in [6.07, 6.45) is -0.952. The Morgan fingerprint density at radius 3 is 2.48 bits per heavy atom. The third-order valence-electron chi connectivity index (χ3n) is 5.10. The van der Waals surface area contributed by atoms with Crippen LogP contribution >= 0.6 is 0 Å². The molecule has 174 valence electrons. The summed E-state index contributed by atoms with van der Waals surface area (Å²) >= 11 is 0. The van der Waals surface area contributed by atoms with Crippen LogP contribution in [0.25, 0.3) is 11.3 Å². The third kappa shape index (κ3) is 6.20. The molecule has 0 aliphatic heterocycles. The summed E-state index contributed by atoms with van der Waals surface area (Å²) in [6.45, 7) is 3.80. The first-order valence-corrected chi connectivity index (χ1v) is 10.7. The first-order valence-electron chi connectivity index (χ1n) is 10.7. The maximum Gasteiger partial charge on any atom is 0.333 e. The van der Waals surface area contributed by atoms with E-state index >= 15 is 0 Å². The molecule has 0 aliphatic carbocycles. The number of aryl methyl sites for hydroxylation is 1. The number of hydrogen-bond acceptors (Lipinski definition) is 5. The van der Waals surface area contributed by atoms with E-state index in [0.717, 1.165) is 22.4 Å². The maximum absolute atomic E-state index is 12.8. The monoisotopic (exact) mass is 451 g/mol. The Hall–Kier alpha value is -3.65. The van der Waals surface area contributed by atoms with E-state index in [4.69, 9.17) is 9.47 Å². The number of methoxy groups -OCH3 is 1. The van der Waals surface area contributed by atoms with Crippen LogP contribution in [-0.4, -0.2) is 46.1 Å². The Kier molecular flexibility index (Phi) is 7.84. The number of nitrogens with one attached hydrogen (secondary N) is 1. The summed E-state index contributed by atoms with van der Waals surface area (Å²) < 4.78 is 12.6. The summed E-state index contributed by atoms with van der Waals surface area (Å²) in [6, 6.07) is 16.9. The zero-order valence-electron chi connectivity index (χ0n) is 19.2. The van der Waals surface area contributed by atoms with Gasteiger partial charge in [0, 0.05) is 25.6 Å². The highest BCUT2D eigenvalue weighted by molar-refractivity contribution is 5.93. The molecule has 1 amide bonds. The normalized spacial score (nSPS) is 11.9. The number of aliphatic carboxylic acids is 1. The lowest BCUT2D eigenvalue weighted by atomic mass is 10.0. The van der Waals surface area contributed by atoms with Gasteiger partial charge in [0.2, 0.25) is 0 Å². The highest BCUT2D eigenvalue weighted by Crippen LogP contribution is 2.22. The van der Waals surface area contributed by atoms with Crippen molar-refractivity contribution in [3.8, 4) is 17.0 Å². The molecule has 1 unspecified atom stereocenters. The SMILES string of the molecule is COc1ccc(CC(OC(C)C)C(=O)O)cc1CNC(=O)c1cc(-c2ccccc2)n(C)n1. The van der Waals surface area contributed by atoms with Crippen LogP contribution in [0, 0.1) is 0 Å². The molecule has 0 radical (unpaired) electrons. The minimum Gasteiger partial charge on any atom is -0.496 e. The molecule has 0 fully saturated rings. The van der Waals surface area contributed by atoms with Crippen LogP contribution < -0.4 is 10.1 Å². The molecule has 0 bridgehead atoms. The van der Waals surface area contributed by atoms with E-state index in [9.17, 15) is 14.7 Å². The molecule has 3 rings (SSSR count). The summed E-state index contributed by atoms with van der Waals surface area (Å²) in [5.74, 6) is -0.729. The highest BCUT2D eigenvalue weighted by Gasteiger charge is 2.21. The largest absolute Gasteiger partial charge is 0.496 e. The molecule has 0 aliphatic rings. The Balaban J connectivity index is 1.73. The number of carbonyl (C=O) groups is 2. The summed E-state index contributed by atoms with van der Waals surface area (Å²) in [5.41, 5.74) is 3.62. The molecule has 2 N–H and O–H groups in total. The van der Waals surface area contributed by atoms with Crippen molar-refractivity contribution in [1.82, 2.24) is 15.1 Å². The van der Waals surface area contributed by atoms with Crippen molar-refractivity contribution < 1.29 is 24.2 Å². The minimum atomic E-state index is -1.02. The lowest BCUT2D eigenvalue weighted by Gasteiger charge is -2.17. The number of ether oxygens (including phenoxy) is 2. The molecule has 3 aromatic rings. The van der Waals surface area contributed by atoms with Gasteiger partial charge >= 0.3 is 5.97 Å². The highest BCUT2D eigenvalue weighted by atomic mass is 16.5. The van der Waals surface area contributed by atoms with Gasteiger partial charge in [-0.2, -0.15) is 5.10 Å². The van der Waals surface area contributed by atoms with Crippen molar-refractivity contribution in [2.45, 2.75) is 39.0 Å². The number of carboxylic acid groups (broad SMARTS) is 1. The average Bonchev–Trinajstić information content (AvgIpc) is 3.19. The lowest BCUT2D eigenvalue weighted by molar-refractivity contribution is -0.153. The molecule has 8 heteroatoms. The number of nitrogens with zero attached hydrogens (tertiary/aromatic N) is 2. The van der Waals surface area contributed by atoms with E-state index < -0.39 is 12.1 Å². The van der Waals surface area contributed by atoms with Crippen molar-refractivity contribution >= 4 is 11.9 Å². The van der Waals surface area contributed by atoms with Gasteiger partial charge in [0.1, 0.15) is 5.75 Å². The quantitative estimate of drug-likeness (QED) is 0.490. The van der Waals surface area contributed by atoms with Gasteiger partial charge in [-0.15, -0.1) is 0 Å². The molecule has 2 aromatic carbocycles. The third-order valence-corrected chi connectivity index (χ3v) is 5.10. The van der Waals surface area contributed by atoms with Crippen LogP contribution in [0.1, 0.15) is 35.5 Å². The van der Waals surface area contributed by atoms with Gasteiger partial charge in [0.15, 0.2) is 11.8 Å². The topological polar surface area (TPSA) is 103 Å². The number of benzene rings is 2. The first kappa shape index (κ1) is 24.0. The molecule has 0 saturated carbocycles. The second-order valence-corrected chi connectivity index (χ2v) is 7.95. The summed E-state index contributed by atoms with van der Waals surface area (Å²) in [4.78, 5) is 24.3. The average molecular weight is 452 g/mol. The van der Waals surface area contributed by atoms with Gasteiger partial charge in [-0.25, -0.2) is 4.79 Å². The van der Waals surface area contributed by atoms with E-state index in [0.29, 0.717) is 11.4 Å². The molecule has 0 saturated heterocycles.